The lowest BCUT2D eigenvalue weighted by Crippen LogP contribution is -3.09. The van der Waals surface area contributed by atoms with Crippen LogP contribution < -0.4 is 15.0 Å². The number of alkyl halides is 3. The van der Waals surface area contributed by atoms with E-state index in [0.29, 0.717) is 13.2 Å². The quantitative estimate of drug-likeness (QED) is 0.586. The molecule has 0 saturated heterocycles. The zero-order chi connectivity index (χ0) is 16.4. The van der Waals surface area contributed by atoms with Gasteiger partial charge in [-0.05, 0) is 18.2 Å². The first kappa shape index (κ1) is 18.7. The van der Waals surface area contributed by atoms with Gasteiger partial charge in [-0.1, -0.05) is 6.07 Å². The van der Waals surface area contributed by atoms with Gasteiger partial charge in [-0.15, -0.1) is 0 Å². The topological polar surface area (TPSA) is 39.5 Å². The number of benzene rings is 1. The number of hydrogen-bond acceptors (Lipinski definition) is 2. The maximum Gasteiger partial charge on any atom is 0.416 e. The molecule has 1 aromatic carbocycles. The van der Waals surface area contributed by atoms with Crippen molar-refractivity contribution in [3.63, 3.8) is 0 Å². The molecule has 0 unspecified atom stereocenters. The molecule has 22 heavy (non-hydrogen) atoms. The molecule has 126 valence electrons. The van der Waals surface area contributed by atoms with Gasteiger partial charge in [0.1, 0.15) is 25.4 Å². The van der Waals surface area contributed by atoms with Crippen LogP contribution in [0.3, 0.4) is 0 Å². The molecule has 0 amide bonds. The van der Waals surface area contributed by atoms with E-state index in [2.05, 4.69) is 19.4 Å². The first-order chi connectivity index (χ1) is 10.4. The third kappa shape index (κ3) is 8.21. The highest BCUT2D eigenvalue weighted by Gasteiger charge is 2.30. The lowest BCUT2D eigenvalue weighted by atomic mass is 10.2. The number of ether oxygens (including phenoxy) is 2. The Labute approximate surface area is 129 Å². The van der Waals surface area contributed by atoms with E-state index in [-0.39, 0.29) is 12.4 Å². The van der Waals surface area contributed by atoms with Crippen LogP contribution in [0, 0.1) is 0 Å². The van der Waals surface area contributed by atoms with E-state index in [9.17, 15) is 13.2 Å². The summed E-state index contributed by atoms with van der Waals surface area (Å²) < 4.78 is 48.2. The van der Waals surface area contributed by atoms with Crippen molar-refractivity contribution in [3.8, 4) is 5.75 Å². The van der Waals surface area contributed by atoms with Gasteiger partial charge < -0.3 is 19.7 Å². The molecular weight excluding hydrogens is 297 g/mol. The van der Waals surface area contributed by atoms with E-state index < -0.39 is 11.7 Å². The Balaban J connectivity index is 2.10. The van der Waals surface area contributed by atoms with E-state index in [1.807, 2.05) is 0 Å². The molecule has 3 N–H and O–H groups in total. The fraction of sp³-hybridized carbons (Fsp3) is 0.600. The van der Waals surface area contributed by atoms with Gasteiger partial charge in [0.2, 0.25) is 0 Å². The summed E-state index contributed by atoms with van der Waals surface area (Å²) >= 11 is 0. The Kier molecular flexibility index (Phi) is 8.22. The number of quaternary nitrogens is 2. The third-order valence-corrected chi connectivity index (χ3v) is 2.97. The molecule has 0 radical (unpaired) electrons. The highest BCUT2D eigenvalue weighted by atomic mass is 19.4. The van der Waals surface area contributed by atoms with Gasteiger partial charge in [0, 0.05) is 0 Å². The molecular formula is C15H25F3N2O2+2. The van der Waals surface area contributed by atoms with Crippen LogP contribution in [-0.2, 0) is 10.9 Å². The Morgan fingerprint density at radius 2 is 1.86 bits per heavy atom. The molecule has 0 atom stereocenters. The predicted octanol–water partition coefficient (Wildman–Crippen LogP) is -0.191. The minimum absolute atomic E-state index is 0.207. The van der Waals surface area contributed by atoms with Crippen LogP contribution in [0.15, 0.2) is 24.3 Å². The van der Waals surface area contributed by atoms with Gasteiger partial charge in [-0.2, -0.15) is 13.2 Å². The molecule has 0 aliphatic heterocycles. The second kappa shape index (κ2) is 9.66. The smallest absolute Gasteiger partial charge is 0.416 e. The van der Waals surface area contributed by atoms with Crippen LogP contribution in [0.5, 0.6) is 5.75 Å². The minimum Gasteiger partial charge on any atom is -0.491 e. The van der Waals surface area contributed by atoms with E-state index in [1.54, 1.807) is 0 Å². The second-order valence-corrected chi connectivity index (χ2v) is 5.31. The lowest BCUT2D eigenvalue weighted by Gasteiger charge is -2.10. The molecule has 0 spiro atoms. The largest absolute Gasteiger partial charge is 0.491 e. The van der Waals surface area contributed by atoms with Crippen LogP contribution >= 0.6 is 0 Å². The number of hydrogen-bond donors (Lipinski definition) is 2. The van der Waals surface area contributed by atoms with Gasteiger partial charge in [-0.25, -0.2) is 0 Å². The van der Waals surface area contributed by atoms with Crippen molar-refractivity contribution in [2.45, 2.75) is 6.18 Å². The number of likely N-dealkylation sites (N-methyl/N-ethyl adjacent to an activating group) is 1. The summed E-state index contributed by atoms with van der Waals surface area (Å²) in [6.45, 7) is 4.23. The van der Waals surface area contributed by atoms with Crippen LogP contribution in [0.25, 0.3) is 0 Å². The molecule has 4 nitrogen and oxygen atoms in total. The predicted molar refractivity (Wildman–Crippen MR) is 77.1 cm³/mol. The molecule has 0 aromatic heterocycles. The summed E-state index contributed by atoms with van der Waals surface area (Å²) in [5, 5.41) is 2.18. The highest BCUT2D eigenvalue weighted by Crippen LogP contribution is 2.31. The zero-order valence-electron chi connectivity index (χ0n) is 13.1. The molecule has 0 aliphatic carbocycles. The summed E-state index contributed by atoms with van der Waals surface area (Å²) in [5.41, 5.74) is -0.705. The Morgan fingerprint density at radius 1 is 1.09 bits per heavy atom. The first-order valence-electron chi connectivity index (χ1n) is 7.38. The summed E-state index contributed by atoms with van der Waals surface area (Å²) in [4.78, 5) is 1.41. The Morgan fingerprint density at radius 3 is 2.55 bits per heavy atom. The van der Waals surface area contributed by atoms with Crippen molar-refractivity contribution in [3.05, 3.63) is 29.8 Å². The van der Waals surface area contributed by atoms with Crippen LogP contribution in [0.2, 0.25) is 0 Å². The summed E-state index contributed by atoms with van der Waals surface area (Å²) in [6, 6.07) is 4.86. The molecule has 1 rings (SSSR count). The Bertz CT molecular complexity index is 425. The van der Waals surface area contributed by atoms with Crippen LogP contribution in [-0.4, -0.2) is 53.6 Å². The van der Waals surface area contributed by atoms with E-state index >= 15 is 0 Å². The number of nitrogens with two attached hydrogens (primary N) is 1. The van der Waals surface area contributed by atoms with Crippen molar-refractivity contribution >= 4 is 0 Å². The molecule has 0 heterocycles. The fourth-order valence-electron chi connectivity index (χ4n) is 1.78. The van der Waals surface area contributed by atoms with Crippen LogP contribution in [0.1, 0.15) is 5.56 Å². The maximum atomic E-state index is 12.5. The van der Waals surface area contributed by atoms with Gasteiger partial charge >= 0.3 is 6.18 Å². The highest BCUT2D eigenvalue weighted by molar-refractivity contribution is 5.30. The van der Waals surface area contributed by atoms with Crippen molar-refractivity contribution < 1.29 is 32.9 Å². The zero-order valence-corrected chi connectivity index (χ0v) is 13.1. The summed E-state index contributed by atoms with van der Waals surface area (Å²) in [7, 11) is 4.21. The van der Waals surface area contributed by atoms with Gasteiger partial charge in [0.05, 0.1) is 39.4 Å². The second-order valence-electron chi connectivity index (χ2n) is 5.31. The molecule has 0 aliphatic rings. The molecule has 1 aromatic rings. The average molecular weight is 322 g/mol. The minimum atomic E-state index is -4.35. The normalized spacial score (nSPS) is 11.9. The summed E-state index contributed by atoms with van der Waals surface area (Å²) in [6.07, 6.45) is -4.35. The molecule has 0 bridgehead atoms. The standard InChI is InChI=1S/C15H23F3N2O2/c1-20(2)8-6-19-7-9-21-10-11-22-14-5-3-4-13(12-14)15(16,17)18/h3-5,12,19H,6-11H2,1-2H3/p+2. The van der Waals surface area contributed by atoms with E-state index in [1.165, 1.54) is 17.0 Å². The van der Waals surface area contributed by atoms with Crippen molar-refractivity contribution in [1.82, 2.24) is 0 Å². The van der Waals surface area contributed by atoms with Gasteiger partial charge in [0.15, 0.2) is 0 Å². The molecule has 7 heteroatoms. The lowest BCUT2D eigenvalue weighted by molar-refractivity contribution is -0.874. The fourth-order valence-corrected chi connectivity index (χ4v) is 1.78. The maximum absolute atomic E-state index is 12.5. The number of rotatable bonds is 10. The van der Waals surface area contributed by atoms with Gasteiger partial charge in [0.25, 0.3) is 0 Å². The van der Waals surface area contributed by atoms with Crippen molar-refractivity contribution in [2.24, 2.45) is 0 Å². The first-order valence-corrected chi connectivity index (χ1v) is 7.38. The molecule has 0 fully saturated rings. The van der Waals surface area contributed by atoms with Gasteiger partial charge in [-0.3, -0.25) is 0 Å². The van der Waals surface area contributed by atoms with Crippen molar-refractivity contribution in [1.29, 1.82) is 0 Å². The average Bonchev–Trinajstić information content (AvgIpc) is 2.44. The number of halogens is 3. The SMILES string of the molecule is C[NH+](C)CC[NH2+]CCOCCOc1cccc(C(F)(F)F)c1. The van der Waals surface area contributed by atoms with Crippen molar-refractivity contribution in [2.75, 3.05) is 53.6 Å². The number of nitrogens with one attached hydrogen (secondary N) is 1. The molecule has 0 saturated carbocycles. The van der Waals surface area contributed by atoms with Crippen LogP contribution in [0.4, 0.5) is 13.2 Å². The monoisotopic (exact) mass is 322 g/mol. The van der Waals surface area contributed by atoms with E-state index in [4.69, 9.17) is 9.47 Å². The third-order valence-electron chi connectivity index (χ3n) is 2.97. The Hall–Kier alpha value is -1.31. The summed E-state index contributed by atoms with van der Waals surface area (Å²) in [5.74, 6) is 0.207. The van der Waals surface area contributed by atoms with E-state index in [0.717, 1.165) is 31.8 Å².